The van der Waals surface area contributed by atoms with Crippen LogP contribution in [0.3, 0.4) is 0 Å². The minimum atomic E-state index is 0.563. The quantitative estimate of drug-likeness (QED) is 0.827. The number of anilines is 1. The molecule has 0 aliphatic rings. The standard InChI is InChI=1S/C8H8N4OS/c1-9-6-4-10-5-7(12-6)14-8-11-2-3-13-8/h2-5H,1H3,(H,9,12). The predicted molar refractivity (Wildman–Crippen MR) is 52.2 cm³/mol. The normalized spacial score (nSPS) is 10.1. The fourth-order valence-electron chi connectivity index (χ4n) is 0.868. The van der Waals surface area contributed by atoms with Crippen molar-refractivity contribution in [2.45, 2.75) is 10.2 Å². The molecule has 0 spiro atoms. The van der Waals surface area contributed by atoms with Gasteiger partial charge in [-0.25, -0.2) is 9.97 Å². The van der Waals surface area contributed by atoms with E-state index in [2.05, 4.69) is 20.3 Å². The number of rotatable bonds is 3. The second-order valence-electron chi connectivity index (χ2n) is 2.39. The molecule has 6 heteroatoms. The fraction of sp³-hybridized carbons (Fsp3) is 0.125. The highest BCUT2D eigenvalue weighted by Crippen LogP contribution is 2.23. The lowest BCUT2D eigenvalue weighted by Crippen LogP contribution is -1.93. The molecule has 0 saturated heterocycles. The Labute approximate surface area is 85.0 Å². The summed E-state index contributed by atoms with van der Waals surface area (Å²) >= 11 is 1.33. The van der Waals surface area contributed by atoms with Gasteiger partial charge in [-0.05, 0) is 11.8 Å². The maximum absolute atomic E-state index is 5.07. The lowest BCUT2D eigenvalue weighted by Gasteiger charge is -1.99. The second-order valence-corrected chi connectivity index (χ2v) is 3.36. The van der Waals surface area contributed by atoms with Crippen molar-refractivity contribution in [2.75, 3.05) is 12.4 Å². The van der Waals surface area contributed by atoms with E-state index in [1.165, 1.54) is 18.0 Å². The van der Waals surface area contributed by atoms with Crippen molar-refractivity contribution in [3.05, 3.63) is 24.9 Å². The van der Waals surface area contributed by atoms with E-state index in [0.717, 1.165) is 10.8 Å². The summed E-state index contributed by atoms with van der Waals surface area (Å²) < 4.78 is 5.07. The van der Waals surface area contributed by atoms with E-state index in [1.54, 1.807) is 25.6 Å². The number of nitrogens with one attached hydrogen (secondary N) is 1. The van der Waals surface area contributed by atoms with E-state index in [1.807, 2.05) is 0 Å². The van der Waals surface area contributed by atoms with Crippen molar-refractivity contribution in [1.82, 2.24) is 15.0 Å². The summed E-state index contributed by atoms with van der Waals surface area (Å²) in [6, 6.07) is 0. The molecule has 0 unspecified atom stereocenters. The summed E-state index contributed by atoms with van der Waals surface area (Å²) in [5.41, 5.74) is 0. The summed E-state index contributed by atoms with van der Waals surface area (Å²) in [4.78, 5) is 12.3. The van der Waals surface area contributed by atoms with E-state index >= 15 is 0 Å². The molecule has 0 fully saturated rings. The van der Waals surface area contributed by atoms with Crippen LogP contribution in [0.1, 0.15) is 0 Å². The van der Waals surface area contributed by atoms with Crippen molar-refractivity contribution >= 4 is 17.6 Å². The Morgan fingerprint density at radius 3 is 3.07 bits per heavy atom. The summed E-state index contributed by atoms with van der Waals surface area (Å²) in [6.07, 6.45) is 6.44. The first-order valence-electron chi connectivity index (χ1n) is 3.95. The molecule has 72 valence electrons. The van der Waals surface area contributed by atoms with Crippen molar-refractivity contribution < 1.29 is 4.42 Å². The zero-order chi connectivity index (χ0) is 9.80. The first-order valence-corrected chi connectivity index (χ1v) is 4.77. The highest BCUT2D eigenvalue weighted by molar-refractivity contribution is 7.99. The van der Waals surface area contributed by atoms with Crippen LogP contribution in [-0.4, -0.2) is 22.0 Å². The maximum Gasteiger partial charge on any atom is 0.262 e. The van der Waals surface area contributed by atoms with Crippen LogP contribution in [0.4, 0.5) is 5.82 Å². The summed E-state index contributed by atoms with van der Waals surface area (Å²) in [6.45, 7) is 0. The molecule has 2 aromatic heterocycles. The third-order valence-corrected chi connectivity index (χ3v) is 2.25. The second kappa shape index (κ2) is 4.10. The number of oxazole rings is 1. The van der Waals surface area contributed by atoms with Gasteiger partial charge in [-0.2, -0.15) is 0 Å². The van der Waals surface area contributed by atoms with Crippen LogP contribution in [0.5, 0.6) is 0 Å². The molecule has 14 heavy (non-hydrogen) atoms. The van der Waals surface area contributed by atoms with E-state index in [9.17, 15) is 0 Å². The van der Waals surface area contributed by atoms with Gasteiger partial charge in [0.25, 0.3) is 5.22 Å². The van der Waals surface area contributed by atoms with E-state index in [0.29, 0.717) is 5.22 Å². The van der Waals surface area contributed by atoms with Gasteiger partial charge >= 0.3 is 0 Å². The van der Waals surface area contributed by atoms with Crippen molar-refractivity contribution in [1.29, 1.82) is 0 Å². The van der Waals surface area contributed by atoms with Crippen LogP contribution < -0.4 is 5.32 Å². The van der Waals surface area contributed by atoms with Crippen LogP contribution in [0.2, 0.25) is 0 Å². The Kier molecular flexibility index (Phi) is 2.64. The summed E-state index contributed by atoms with van der Waals surface area (Å²) in [5, 5.41) is 4.22. The lowest BCUT2D eigenvalue weighted by molar-refractivity contribution is 0.454. The molecule has 2 rings (SSSR count). The maximum atomic E-state index is 5.07. The van der Waals surface area contributed by atoms with Crippen molar-refractivity contribution in [3.8, 4) is 0 Å². The molecule has 0 radical (unpaired) electrons. The highest BCUT2D eigenvalue weighted by atomic mass is 32.2. The van der Waals surface area contributed by atoms with Crippen LogP contribution in [0.15, 0.2) is 39.5 Å². The Balaban J connectivity index is 2.17. The molecule has 0 aliphatic carbocycles. The number of hydrogen-bond donors (Lipinski definition) is 1. The fourth-order valence-corrected chi connectivity index (χ4v) is 1.52. The van der Waals surface area contributed by atoms with Gasteiger partial charge in [-0.3, -0.25) is 4.98 Å². The zero-order valence-corrected chi connectivity index (χ0v) is 8.28. The van der Waals surface area contributed by atoms with Crippen LogP contribution in [-0.2, 0) is 0 Å². The van der Waals surface area contributed by atoms with Gasteiger partial charge in [0.2, 0.25) is 0 Å². The minimum absolute atomic E-state index is 0.563. The largest absolute Gasteiger partial charge is 0.440 e. The first kappa shape index (κ1) is 9.01. The molecule has 0 aliphatic heterocycles. The van der Waals surface area contributed by atoms with Gasteiger partial charge in [-0.1, -0.05) is 0 Å². The molecule has 0 aromatic carbocycles. The van der Waals surface area contributed by atoms with Crippen molar-refractivity contribution in [3.63, 3.8) is 0 Å². The van der Waals surface area contributed by atoms with E-state index < -0.39 is 0 Å². The van der Waals surface area contributed by atoms with Gasteiger partial charge in [-0.15, -0.1) is 0 Å². The third-order valence-electron chi connectivity index (χ3n) is 1.47. The number of aromatic nitrogens is 3. The van der Waals surface area contributed by atoms with Gasteiger partial charge in [0.15, 0.2) is 0 Å². The molecule has 0 saturated carbocycles. The molecular formula is C8H8N4OS. The molecule has 1 N–H and O–H groups in total. The van der Waals surface area contributed by atoms with Gasteiger partial charge in [0.1, 0.15) is 17.1 Å². The topological polar surface area (TPSA) is 63.8 Å². The number of nitrogens with zero attached hydrogens (tertiary/aromatic N) is 3. The van der Waals surface area contributed by atoms with Gasteiger partial charge in [0.05, 0.1) is 18.6 Å². The molecular weight excluding hydrogens is 200 g/mol. The Morgan fingerprint density at radius 2 is 2.36 bits per heavy atom. The van der Waals surface area contributed by atoms with E-state index in [-0.39, 0.29) is 0 Å². The molecule has 2 aromatic rings. The molecule has 0 amide bonds. The smallest absolute Gasteiger partial charge is 0.262 e. The predicted octanol–water partition coefficient (Wildman–Crippen LogP) is 1.66. The molecule has 0 bridgehead atoms. The molecule has 5 nitrogen and oxygen atoms in total. The van der Waals surface area contributed by atoms with E-state index in [4.69, 9.17) is 4.42 Å². The molecule has 0 atom stereocenters. The Bertz CT molecular complexity index is 403. The van der Waals surface area contributed by atoms with Gasteiger partial charge < -0.3 is 9.73 Å². The first-order chi connectivity index (χ1) is 6.88. The number of hydrogen-bond acceptors (Lipinski definition) is 6. The van der Waals surface area contributed by atoms with Gasteiger partial charge in [0, 0.05) is 7.05 Å². The van der Waals surface area contributed by atoms with Crippen LogP contribution >= 0.6 is 11.8 Å². The summed E-state index contributed by atoms with van der Waals surface area (Å²) in [5.74, 6) is 0.724. The average molecular weight is 208 g/mol. The monoisotopic (exact) mass is 208 g/mol. The summed E-state index contributed by atoms with van der Waals surface area (Å²) in [7, 11) is 1.80. The van der Waals surface area contributed by atoms with Crippen LogP contribution in [0.25, 0.3) is 0 Å². The Hall–Kier alpha value is -1.56. The molecule has 2 heterocycles. The minimum Gasteiger partial charge on any atom is -0.440 e. The van der Waals surface area contributed by atoms with Crippen molar-refractivity contribution in [2.24, 2.45) is 0 Å². The lowest BCUT2D eigenvalue weighted by atomic mass is 10.7. The third kappa shape index (κ3) is 2.02. The SMILES string of the molecule is CNc1cncc(Sc2ncco2)n1. The zero-order valence-electron chi connectivity index (χ0n) is 7.47. The Morgan fingerprint density at radius 1 is 1.43 bits per heavy atom. The van der Waals surface area contributed by atoms with Crippen LogP contribution in [0, 0.1) is 0 Å². The average Bonchev–Trinajstić information content (AvgIpc) is 2.71. The highest BCUT2D eigenvalue weighted by Gasteiger charge is 2.03.